The van der Waals surface area contributed by atoms with Crippen molar-refractivity contribution in [3.05, 3.63) is 101 Å². The van der Waals surface area contributed by atoms with Crippen LogP contribution in [0.25, 0.3) is 0 Å². The third-order valence-electron chi connectivity index (χ3n) is 5.24. The lowest BCUT2D eigenvalue weighted by Gasteiger charge is -2.23. The summed E-state index contributed by atoms with van der Waals surface area (Å²) in [5, 5.41) is 4.16. The van der Waals surface area contributed by atoms with Crippen molar-refractivity contribution in [2.24, 2.45) is 5.10 Å². The minimum absolute atomic E-state index is 0.175. The van der Waals surface area contributed by atoms with Gasteiger partial charge < -0.3 is 0 Å². The van der Waals surface area contributed by atoms with Gasteiger partial charge in [0, 0.05) is 5.56 Å². The molecule has 0 spiro atoms. The summed E-state index contributed by atoms with van der Waals surface area (Å²) in [4.78, 5) is 12.4. The smallest absolute Gasteiger partial charge is 0.267 e. The standard InChI is InChI=1S/C25H27N3O3S/c1-18-10-15-24(16-19(18)2)28(32(4,30)31)17-21-11-13-23(14-12-21)25(29)27-26-20(3)22-8-6-5-7-9-22/h5-16H,17H2,1-4H3,(H,27,29)/b26-20-. The monoisotopic (exact) mass is 449 g/mol. The number of nitrogens with zero attached hydrogens (tertiary/aromatic N) is 2. The van der Waals surface area contributed by atoms with Gasteiger partial charge in [0.05, 0.1) is 24.2 Å². The third kappa shape index (κ3) is 5.82. The number of rotatable bonds is 7. The molecular weight excluding hydrogens is 422 g/mol. The van der Waals surface area contributed by atoms with Gasteiger partial charge in [0.2, 0.25) is 10.0 Å². The number of nitrogens with one attached hydrogen (secondary N) is 1. The molecule has 0 aliphatic carbocycles. The van der Waals surface area contributed by atoms with Crippen LogP contribution in [0.3, 0.4) is 0 Å². The van der Waals surface area contributed by atoms with E-state index in [4.69, 9.17) is 0 Å². The number of carbonyl (C=O) groups excluding carboxylic acids is 1. The quantitative estimate of drug-likeness (QED) is 0.428. The maximum atomic E-state index is 12.4. The molecule has 0 aliphatic heterocycles. The Balaban J connectivity index is 1.73. The molecule has 7 heteroatoms. The molecule has 0 aliphatic rings. The molecule has 0 aromatic heterocycles. The van der Waals surface area contributed by atoms with Gasteiger partial charge in [-0.25, -0.2) is 13.8 Å². The number of sulfonamides is 1. The summed E-state index contributed by atoms with van der Waals surface area (Å²) in [7, 11) is -3.48. The van der Waals surface area contributed by atoms with E-state index in [1.165, 1.54) is 10.6 Å². The molecule has 0 radical (unpaired) electrons. The van der Waals surface area contributed by atoms with Crippen molar-refractivity contribution in [1.29, 1.82) is 0 Å². The molecule has 1 amide bonds. The molecule has 32 heavy (non-hydrogen) atoms. The summed E-state index contributed by atoms with van der Waals surface area (Å²) in [5.74, 6) is -0.332. The summed E-state index contributed by atoms with van der Waals surface area (Å²) in [5.41, 5.74) is 8.14. The second-order valence-electron chi connectivity index (χ2n) is 7.74. The number of hydrogen-bond acceptors (Lipinski definition) is 4. The number of hydrogen-bond donors (Lipinski definition) is 1. The first-order valence-electron chi connectivity index (χ1n) is 10.2. The summed E-state index contributed by atoms with van der Waals surface area (Å²) in [6.07, 6.45) is 1.19. The zero-order valence-corrected chi connectivity index (χ0v) is 19.5. The molecule has 0 saturated heterocycles. The Kier molecular flexibility index (Phi) is 7.10. The van der Waals surface area contributed by atoms with Gasteiger partial charge in [-0.15, -0.1) is 0 Å². The fraction of sp³-hybridized carbons (Fsp3) is 0.200. The Labute approximate surface area is 189 Å². The predicted molar refractivity (Wildman–Crippen MR) is 130 cm³/mol. The van der Waals surface area contributed by atoms with Crippen LogP contribution in [0.1, 0.15) is 39.5 Å². The van der Waals surface area contributed by atoms with Crippen molar-refractivity contribution >= 4 is 27.3 Å². The molecule has 3 rings (SSSR count). The van der Waals surface area contributed by atoms with Gasteiger partial charge in [-0.1, -0.05) is 48.5 Å². The Morgan fingerprint density at radius 3 is 2.16 bits per heavy atom. The zero-order chi connectivity index (χ0) is 23.3. The molecule has 0 atom stereocenters. The molecule has 0 fully saturated rings. The molecule has 6 nitrogen and oxygen atoms in total. The molecule has 0 saturated carbocycles. The van der Waals surface area contributed by atoms with Crippen molar-refractivity contribution in [3.63, 3.8) is 0 Å². The Hall–Kier alpha value is -3.45. The van der Waals surface area contributed by atoms with Gasteiger partial charge in [-0.05, 0) is 67.3 Å². The molecule has 3 aromatic carbocycles. The van der Waals surface area contributed by atoms with E-state index in [9.17, 15) is 13.2 Å². The van der Waals surface area contributed by atoms with Crippen LogP contribution in [-0.2, 0) is 16.6 Å². The van der Waals surface area contributed by atoms with E-state index in [-0.39, 0.29) is 12.5 Å². The molecule has 0 unspecified atom stereocenters. The fourth-order valence-corrected chi connectivity index (χ4v) is 4.03. The van der Waals surface area contributed by atoms with Crippen LogP contribution in [0.2, 0.25) is 0 Å². The van der Waals surface area contributed by atoms with E-state index in [2.05, 4.69) is 10.5 Å². The Bertz CT molecular complexity index is 1240. The van der Waals surface area contributed by atoms with E-state index in [0.717, 1.165) is 22.3 Å². The van der Waals surface area contributed by atoms with Gasteiger partial charge in [0.15, 0.2) is 0 Å². The first-order chi connectivity index (χ1) is 15.1. The van der Waals surface area contributed by atoms with Crippen LogP contribution in [0.4, 0.5) is 5.69 Å². The van der Waals surface area contributed by atoms with Crippen LogP contribution < -0.4 is 9.73 Å². The highest BCUT2D eigenvalue weighted by Crippen LogP contribution is 2.23. The van der Waals surface area contributed by atoms with Crippen LogP contribution >= 0.6 is 0 Å². The molecule has 166 valence electrons. The number of carbonyl (C=O) groups is 1. The zero-order valence-electron chi connectivity index (χ0n) is 18.7. The number of hydrazone groups is 1. The first kappa shape index (κ1) is 23.2. The Morgan fingerprint density at radius 1 is 0.906 bits per heavy atom. The number of aryl methyl sites for hydroxylation is 2. The molecular formula is C25H27N3O3S. The maximum Gasteiger partial charge on any atom is 0.271 e. The van der Waals surface area contributed by atoms with E-state index in [1.54, 1.807) is 30.3 Å². The number of benzene rings is 3. The molecule has 0 heterocycles. The lowest BCUT2D eigenvalue weighted by Crippen LogP contribution is -2.29. The second kappa shape index (κ2) is 9.78. The maximum absolute atomic E-state index is 12.4. The fourth-order valence-electron chi connectivity index (χ4n) is 3.15. The van der Waals surface area contributed by atoms with Crippen LogP contribution in [0, 0.1) is 13.8 Å². The number of anilines is 1. The number of amides is 1. The van der Waals surface area contributed by atoms with Gasteiger partial charge >= 0.3 is 0 Å². The average Bonchev–Trinajstić information content (AvgIpc) is 2.78. The van der Waals surface area contributed by atoms with Crippen molar-refractivity contribution in [2.75, 3.05) is 10.6 Å². The van der Waals surface area contributed by atoms with Crippen molar-refractivity contribution in [2.45, 2.75) is 27.3 Å². The van der Waals surface area contributed by atoms with E-state index in [1.807, 2.05) is 63.2 Å². The summed E-state index contributed by atoms with van der Waals surface area (Å²) in [6.45, 7) is 5.94. The van der Waals surface area contributed by atoms with Crippen LogP contribution in [0.15, 0.2) is 77.9 Å². The first-order valence-corrected chi connectivity index (χ1v) is 12.0. The predicted octanol–water partition coefficient (Wildman–Crippen LogP) is 4.42. The minimum atomic E-state index is -3.48. The summed E-state index contributed by atoms with van der Waals surface area (Å²) in [6, 6.07) is 22.0. The largest absolute Gasteiger partial charge is 0.271 e. The van der Waals surface area contributed by atoms with E-state index < -0.39 is 10.0 Å². The van der Waals surface area contributed by atoms with Gasteiger partial charge in [-0.3, -0.25) is 9.10 Å². The second-order valence-corrected chi connectivity index (χ2v) is 9.65. The topological polar surface area (TPSA) is 78.8 Å². The van der Waals surface area contributed by atoms with E-state index >= 15 is 0 Å². The molecule has 0 bridgehead atoms. The van der Waals surface area contributed by atoms with Gasteiger partial charge in [0.1, 0.15) is 0 Å². The lowest BCUT2D eigenvalue weighted by molar-refractivity contribution is 0.0955. The van der Waals surface area contributed by atoms with Gasteiger partial charge in [0.25, 0.3) is 5.91 Å². The normalized spacial score (nSPS) is 11.8. The van der Waals surface area contributed by atoms with Gasteiger partial charge in [-0.2, -0.15) is 5.10 Å². The van der Waals surface area contributed by atoms with Crippen molar-refractivity contribution in [1.82, 2.24) is 5.43 Å². The van der Waals surface area contributed by atoms with Crippen molar-refractivity contribution in [3.8, 4) is 0 Å². The summed E-state index contributed by atoms with van der Waals surface area (Å²) >= 11 is 0. The van der Waals surface area contributed by atoms with Crippen LogP contribution in [-0.4, -0.2) is 26.3 Å². The third-order valence-corrected chi connectivity index (χ3v) is 6.38. The minimum Gasteiger partial charge on any atom is -0.267 e. The molecule has 1 N–H and O–H groups in total. The van der Waals surface area contributed by atoms with Crippen molar-refractivity contribution < 1.29 is 13.2 Å². The lowest BCUT2D eigenvalue weighted by atomic mass is 10.1. The molecule has 3 aromatic rings. The average molecular weight is 450 g/mol. The highest BCUT2D eigenvalue weighted by atomic mass is 32.2. The van der Waals surface area contributed by atoms with E-state index in [0.29, 0.717) is 17.0 Å². The summed E-state index contributed by atoms with van der Waals surface area (Å²) < 4.78 is 26.2. The highest BCUT2D eigenvalue weighted by Gasteiger charge is 2.18. The highest BCUT2D eigenvalue weighted by molar-refractivity contribution is 7.92. The SMILES string of the molecule is C/C(=N/NC(=O)c1ccc(CN(c2ccc(C)c(C)c2)S(C)(=O)=O)cc1)c1ccccc1. The van der Waals surface area contributed by atoms with Crippen LogP contribution in [0.5, 0.6) is 0 Å². The Morgan fingerprint density at radius 2 is 1.56 bits per heavy atom.